The Balaban J connectivity index is 1.64. The zero-order valence-electron chi connectivity index (χ0n) is 15.6. The molecule has 0 amide bonds. The topological polar surface area (TPSA) is 27.7 Å². The van der Waals surface area contributed by atoms with E-state index in [-0.39, 0.29) is 11.7 Å². The highest BCUT2D eigenvalue weighted by molar-refractivity contribution is 4.88. The molecule has 1 saturated heterocycles. The fourth-order valence-corrected chi connectivity index (χ4v) is 4.14. The zero-order valence-corrected chi connectivity index (χ0v) is 15.6. The molecular formula is C20H38O3. The third kappa shape index (κ3) is 6.03. The first kappa shape index (κ1) is 19.2. The summed E-state index contributed by atoms with van der Waals surface area (Å²) in [6.45, 7) is 9.30. The summed E-state index contributed by atoms with van der Waals surface area (Å²) in [5.74, 6) is 0.727. The predicted octanol–water partition coefficient (Wildman–Crippen LogP) is 5.32. The van der Waals surface area contributed by atoms with Crippen molar-refractivity contribution in [3.8, 4) is 0 Å². The Morgan fingerprint density at radius 1 is 0.913 bits per heavy atom. The molecule has 1 saturated carbocycles. The number of unbranched alkanes of at least 4 members (excludes halogenated alkanes) is 4. The van der Waals surface area contributed by atoms with Gasteiger partial charge in [0, 0.05) is 12.0 Å². The van der Waals surface area contributed by atoms with Gasteiger partial charge in [0.2, 0.25) is 0 Å². The molecule has 3 nitrogen and oxygen atoms in total. The van der Waals surface area contributed by atoms with Crippen LogP contribution in [0.5, 0.6) is 0 Å². The van der Waals surface area contributed by atoms with Gasteiger partial charge in [-0.2, -0.15) is 0 Å². The first-order valence-corrected chi connectivity index (χ1v) is 10.0. The van der Waals surface area contributed by atoms with Gasteiger partial charge in [0.15, 0.2) is 6.29 Å². The second-order valence-corrected chi connectivity index (χ2v) is 7.84. The molecule has 2 rings (SSSR count). The van der Waals surface area contributed by atoms with Crippen molar-refractivity contribution in [3.05, 3.63) is 0 Å². The van der Waals surface area contributed by atoms with Gasteiger partial charge in [-0.25, -0.2) is 0 Å². The van der Waals surface area contributed by atoms with Crippen molar-refractivity contribution >= 4 is 0 Å². The third-order valence-corrected chi connectivity index (χ3v) is 5.80. The first-order valence-electron chi connectivity index (χ1n) is 10.0. The van der Waals surface area contributed by atoms with Gasteiger partial charge in [-0.3, -0.25) is 0 Å². The molecule has 0 spiro atoms. The van der Waals surface area contributed by atoms with E-state index in [1.54, 1.807) is 0 Å². The molecule has 0 aromatic heterocycles. The maximum absolute atomic E-state index is 6.07. The Kier molecular flexibility index (Phi) is 8.35. The molecule has 2 fully saturated rings. The van der Waals surface area contributed by atoms with Gasteiger partial charge in [0.1, 0.15) is 0 Å². The third-order valence-electron chi connectivity index (χ3n) is 5.80. The maximum atomic E-state index is 6.07. The van der Waals surface area contributed by atoms with Gasteiger partial charge in [0.05, 0.1) is 19.3 Å². The summed E-state index contributed by atoms with van der Waals surface area (Å²) in [5.41, 5.74) is 0.204. The summed E-state index contributed by atoms with van der Waals surface area (Å²) in [6, 6.07) is 0. The quantitative estimate of drug-likeness (QED) is 0.537. The van der Waals surface area contributed by atoms with Gasteiger partial charge >= 0.3 is 0 Å². The minimum Gasteiger partial charge on any atom is -0.379 e. The fourth-order valence-electron chi connectivity index (χ4n) is 4.14. The van der Waals surface area contributed by atoms with Crippen LogP contribution in [0.2, 0.25) is 0 Å². The van der Waals surface area contributed by atoms with E-state index in [1.165, 1.54) is 57.8 Å². The lowest BCUT2D eigenvalue weighted by molar-refractivity contribution is -0.242. The molecule has 0 N–H and O–H groups in total. The average Bonchev–Trinajstić information content (AvgIpc) is 2.57. The highest BCUT2D eigenvalue weighted by Crippen LogP contribution is 2.42. The fraction of sp³-hybridized carbons (Fsp3) is 1.00. The van der Waals surface area contributed by atoms with Crippen LogP contribution >= 0.6 is 0 Å². The molecule has 23 heavy (non-hydrogen) atoms. The van der Waals surface area contributed by atoms with Crippen LogP contribution in [0.15, 0.2) is 0 Å². The summed E-state index contributed by atoms with van der Waals surface area (Å²) in [7, 11) is 0. The van der Waals surface area contributed by atoms with Crippen LogP contribution in [0.25, 0.3) is 0 Å². The number of hydrogen-bond acceptors (Lipinski definition) is 3. The maximum Gasteiger partial charge on any atom is 0.157 e. The van der Waals surface area contributed by atoms with Gasteiger partial charge in [-0.1, -0.05) is 39.5 Å². The molecule has 0 radical (unpaired) electrons. The summed E-state index contributed by atoms with van der Waals surface area (Å²) in [4.78, 5) is 0. The van der Waals surface area contributed by atoms with E-state index >= 15 is 0 Å². The highest BCUT2D eigenvalue weighted by Gasteiger charge is 2.41. The number of ether oxygens (including phenoxy) is 3. The van der Waals surface area contributed by atoms with E-state index < -0.39 is 0 Å². The lowest BCUT2D eigenvalue weighted by atomic mass is 9.70. The monoisotopic (exact) mass is 326 g/mol. The van der Waals surface area contributed by atoms with E-state index in [9.17, 15) is 0 Å². The Hall–Kier alpha value is -0.120. The Bertz CT molecular complexity index is 302. The van der Waals surface area contributed by atoms with Crippen LogP contribution in [-0.4, -0.2) is 32.2 Å². The van der Waals surface area contributed by atoms with Gasteiger partial charge < -0.3 is 14.2 Å². The Morgan fingerprint density at radius 3 is 2.17 bits per heavy atom. The summed E-state index contributed by atoms with van der Waals surface area (Å²) in [5, 5.41) is 0. The molecule has 0 unspecified atom stereocenters. The molecule has 3 heteroatoms. The number of hydrogen-bond donors (Lipinski definition) is 0. The average molecular weight is 327 g/mol. The minimum atomic E-state index is 0.0458. The van der Waals surface area contributed by atoms with Crippen molar-refractivity contribution in [3.63, 3.8) is 0 Å². The van der Waals surface area contributed by atoms with Crippen molar-refractivity contribution in [1.29, 1.82) is 0 Å². The van der Waals surface area contributed by atoms with Gasteiger partial charge in [-0.05, 0) is 51.4 Å². The van der Waals surface area contributed by atoms with E-state index in [0.29, 0.717) is 6.10 Å². The van der Waals surface area contributed by atoms with E-state index in [1.807, 2.05) is 0 Å². The van der Waals surface area contributed by atoms with E-state index in [2.05, 4.69) is 20.8 Å². The molecule has 136 valence electrons. The largest absolute Gasteiger partial charge is 0.379 e. The molecule has 0 bridgehead atoms. The van der Waals surface area contributed by atoms with Gasteiger partial charge in [-0.15, -0.1) is 0 Å². The van der Waals surface area contributed by atoms with Crippen LogP contribution in [0.3, 0.4) is 0 Å². The molecule has 0 atom stereocenters. The van der Waals surface area contributed by atoms with Crippen LogP contribution in [-0.2, 0) is 14.2 Å². The summed E-state index contributed by atoms with van der Waals surface area (Å²) < 4.78 is 17.9. The molecule has 0 aromatic rings. The summed E-state index contributed by atoms with van der Waals surface area (Å²) in [6.07, 6.45) is 13.1. The lowest BCUT2D eigenvalue weighted by Crippen LogP contribution is -2.46. The molecule has 0 aromatic carbocycles. The van der Waals surface area contributed by atoms with Crippen molar-refractivity contribution < 1.29 is 14.2 Å². The highest BCUT2D eigenvalue weighted by atomic mass is 16.7. The molecule has 1 heterocycles. The molecular weight excluding hydrogens is 288 g/mol. The van der Waals surface area contributed by atoms with E-state index in [0.717, 1.165) is 32.2 Å². The normalized spacial score (nSPS) is 35.3. The van der Waals surface area contributed by atoms with Crippen molar-refractivity contribution in [2.45, 2.75) is 97.4 Å². The van der Waals surface area contributed by atoms with Crippen LogP contribution in [0, 0.1) is 11.3 Å². The minimum absolute atomic E-state index is 0.0458. The van der Waals surface area contributed by atoms with Crippen molar-refractivity contribution in [1.82, 2.24) is 0 Å². The Labute approximate surface area is 143 Å². The zero-order chi connectivity index (χ0) is 16.5. The van der Waals surface area contributed by atoms with Crippen LogP contribution in [0.4, 0.5) is 0 Å². The van der Waals surface area contributed by atoms with Crippen molar-refractivity contribution in [2.24, 2.45) is 11.3 Å². The predicted molar refractivity (Wildman–Crippen MR) is 94.5 cm³/mol. The van der Waals surface area contributed by atoms with Gasteiger partial charge in [0.25, 0.3) is 0 Å². The molecule has 1 aliphatic carbocycles. The second-order valence-electron chi connectivity index (χ2n) is 7.84. The molecule has 1 aliphatic heterocycles. The van der Waals surface area contributed by atoms with Crippen LogP contribution < -0.4 is 0 Å². The summed E-state index contributed by atoms with van der Waals surface area (Å²) >= 11 is 0. The standard InChI is InChI=1S/C20H38O3/c1-4-6-7-8-9-10-19-22-15-20(3,16-23-19)17-11-13-18(14-12-17)21-5-2/h17-19H,4-16H2,1-3H3. The Morgan fingerprint density at radius 2 is 1.57 bits per heavy atom. The SMILES string of the molecule is CCCCCCCC1OCC(C)(C2CCC(OCC)CC2)CO1. The number of rotatable bonds is 9. The molecule has 2 aliphatic rings. The second kappa shape index (κ2) is 10.0. The lowest BCUT2D eigenvalue weighted by Gasteiger charge is -2.45. The smallest absolute Gasteiger partial charge is 0.157 e. The van der Waals surface area contributed by atoms with Crippen LogP contribution in [0.1, 0.15) is 85.0 Å². The van der Waals surface area contributed by atoms with Crippen molar-refractivity contribution in [2.75, 3.05) is 19.8 Å². The van der Waals surface area contributed by atoms with E-state index in [4.69, 9.17) is 14.2 Å². The first-order chi connectivity index (χ1) is 11.2.